The molecular weight excluding hydrogens is 330 g/mol. The summed E-state index contributed by atoms with van der Waals surface area (Å²) >= 11 is 0. The predicted molar refractivity (Wildman–Crippen MR) is 101 cm³/mol. The van der Waals surface area contributed by atoms with Gasteiger partial charge in [-0.1, -0.05) is 6.07 Å². The normalized spacial score (nSPS) is 17.4. The number of rotatable bonds is 3. The minimum atomic E-state index is -0.145. The van der Waals surface area contributed by atoms with Gasteiger partial charge in [-0.2, -0.15) is 0 Å². The molecule has 3 rings (SSSR count). The van der Waals surface area contributed by atoms with Gasteiger partial charge in [-0.25, -0.2) is 9.78 Å². The highest BCUT2D eigenvalue weighted by Crippen LogP contribution is 2.19. The van der Waals surface area contributed by atoms with E-state index in [9.17, 15) is 9.59 Å². The van der Waals surface area contributed by atoms with Gasteiger partial charge in [-0.15, -0.1) is 0 Å². The summed E-state index contributed by atoms with van der Waals surface area (Å²) in [6.45, 7) is 3.66. The van der Waals surface area contributed by atoms with Crippen LogP contribution in [0.2, 0.25) is 0 Å². The fourth-order valence-corrected chi connectivity index (χ4v) is 3.46. The van der Waals surface area contributed by atoms with Crippen molar-refractivity contribution in [3.05, 3.63) is 29.6 Å². The van der Waals surface area contributed by atoms with Gasteiger partial charge < -0.3 is 19.7 Å². The summed E-state index contributed by atoms with van der Waals surface area (Å²) in [5.74, 6) is 0.834. The van der Waals surface area contributed by atoms with Crippen molar-refractivity contribution in [2.24, 2.45) is 13.0 Å². The zero-order valence-electron chi connectivity index (χ0n) is 16.0. The van der Waals surface area contributed by atoms with E-state index < -0.39 is 0 Å². The number of nitrogens with zero attached hydrogens (tertiary/aromatic N) is 4. The van der Waals surface area contributed by atoms with E-state index in [1.807, 2.05) is 32.2 Å². The van der Waals surface area contributed by atoms with Crippen molar-refractivity contribution in [2.75, 3.05) is 27.2 Å². The number of carbonyl (C=O) groups is 2. The van der Waals surface area contributed by atoms with Crippen LogP contribution in [0, 0.1) is 12.8 Å². The number of fused-ring (bicyclic) bond motifs is 1. The van der Waals surface area contributed by atoms with Crippen LogP contribution < -0.4 is 5.32 Å². The number of carbonyl (C=O) groups excluding carboxylic acids is 2. The van der Waals surface area contributed by atoms with Crippen molar-refractivity contribution < 1.29 is 9.59 Å². The highest BCUT2D eigenvalue weighted by molar-refractivity contribution is 5.81. The Balaban J connectivity index is 1.60. The van der Waals surface area contributed by atoms with Crippen LogP contribution in [-0.2, 0) is 18.4 Å². The van der Waals surface area contributed by atoms with Crippen molar-refractivity contribution in [1.29, 1.82) is 0 Å². The van der Waals surface area contributed by atoms with Crippen molar-refractivity contribution in [2.45, 2.75) is 26.3 Å². The molecule has 2 aromatic rings. The fraction of sp³-hybridized carbons (Fsp3) is 0.526. The molecule has 0 spiro atoms. The van der Waals surface area contributed by atoms with Crippen LogP contribution in [0.5, 0.6) is 0 Å². The van der Waals surface area contributed by atoms with Crippen LogP contribution in [0.3, 0.4) is 0 Å². The summed E-state index contributed by atoms with van der Waals surface area (Å²) in [5.41, 5.74) is 3.06. The number of piperidine rings is 1. The molecule has 7 nitrogen and oxygen atoms in total. The molecule has 3 amide bonds. The van der Waals surface area contributed by atoms with Gasteiger partial charge >= 0.3 is 6.03 Å². The molecule has 1 saturated heterocycles. The Morgan fingerprint density at radius 3 is 2.85 bits per heavy atom. The standard InChI is InChI=1S/C19H27N5O2/c1-13-21-16-10-14(7-8-17(16)23(13)4)11-20-18(25)15-6-5-9-24(12-15)19(26)22(2)3/h7-8,10,15H,5-6,9,11-12H2,1-4H3,(H,20,25). The van der Waals surface area contributed by atoms with Crippen molar-refractivity contribution in [3.8, 4) is 0 Å². The van der Waals surface area contributed by atoms with Crippen LogP contribution in [0.15, 0.2) is 18.2 Å². The van der Waals surface area contributed by atoms with Crippen LogP contribution in [0.4, 0.5) is 4.79 Å². The molecule has 0 aliphatic carbocycles. The number of benzene rings is 1. The summed E-state index contributed by atoms with van der Waals surface area (Å²) in [6, 6.07) is 6.05. The Morgan fingerprint density at radius 1 is 1.35 bits per heavy atom. The van der Waals surface area contributed by atoms with Gasteiger partial charge in [0.15, 0.2) is 0 Å². The molecule has 1 fully saturated rings. The molecule has 1 N–H and O–H groups in total. The zero-order chi connectivity index (χ0) is 18.8. The lowest BCUT2D eigenvalue weighted by Gasteiger charge is -2.33. The Kier molecular flexibility index (Phi) is 5.15. The van der Waals surface area contributed by atoms with Crippen molar-refractivity contribution in [1.82, 2.24) is 24.7 Å². The number of nitrogens with one attached hydrogen (secondary N) is 1. The molecule has 1 unspecified atom stereocenters. The molecule has 0 bridgehead atoms. The van der Waals surface area contributed by atoms with E-state index in [-0.39, 0.29) is 17.9 Å². The molecular formula is C19H27N5O2. The van der Waals surface area contributed by atoms with Gasteiger partial charge in [0.1, 0.15) is 5.82 Å². The molecule has 1 aromatic carbocycles. The summed E-state index contributed by atoms with van der Waals surface area (Å²) < 4.78 is 2.05. The van der Waals surface area contributed by atoms with E-state index in [1.54, 1.807) is 23.9 Å². The average Bonchev–Trinajstić information content (AvgIpc) is 2.92. The summed E-state index contributed by atoms with van der Waals surface area (Å²) in [7, 11) is 5.47. The first-order valence-corrected chi connectivity index (χ1v) is 9.02. The maximum atomic E-state index is 12.5. The largest absolute Gasteiger partial charge is 0.352 e. The van der Waals surface area contributed by atoms with Crippen LogP contribution in [-0.4, -0.2) is 58.5 Å². The minimum Gasteiger partial charge on any atom is -0.352 e. The Morgan fingerprint density at radius 2 is 2.12 bits per heavy atom. The van der Waals surface area contributed by atoms with Crippen molar-refractivity contribution >= 4 is 23.0 Å². The summed E-state index contributed by atoms with van der Waals surface area (Å²) in [5, 5.41) is 3.02. The smallest absolute Gasteiger partial charge is 0.319 e. The first-order valence-electron chi connectivity index (χ1n) is 9.02. The van der Waals surface area contributed by atoms with Gasteiger partial charge in [0, 0.05) is 40.8 Å². The highest BCUT2D eigenvalue weighted by Gasteiger charge is 2.28. The molecule has 0 saturated carbocycles. The van der Waals surface area contributed by atoms with Gasteiger partial charge in [0.25, 0.3) is 0 Å². The third-order valence-corrected chi connectivity index (χ3v) is 5.08. The molecule has 7 heteroatoms. The molecule has 1 aliphatic heterocycles. The number of aromatic nitrogens is 2. The number of imidazole rings is 1. The zero-order valence-corrected chi connectivity index (χ0v) is 16.0. The molecule has 0 radical (unpaired) electrons. The lowest BCUT2D eigenvalue weighted by molar-refractivity contribution is -0.126. The number of urea groups is 1. The maximum absolute atomic E-state index is 12.5. The lowest BCUT2D eigenvalue weighted by Crippen LogP contribution is -2.48. The number of likely N-dealkylation sites (tertiary alicyclic amines) is 1. The number of aryl methyl sites for hydroxylation is 2. The second-order valence-corrected chi connectivity index (χ2v) is 7.22. The lowest BCUT2D eigenvalue weighted by atomic mass is 9.97. The Bertz CT molecular complexity index is 827. The maximum Gasteiger partial charge on any atom is 0.319 e. The van der Waals surface area contributed by atoms with E-state index in [2.05, 4.69) is 14.9 Å². The van der Waals surface area contributed by atoms with E-state index in [1.165, 1.54) is 0 Å². The Hall–Kier alpha value is -2.57. The molecule has 1 aliphatic rings. The van der Waals surface area contributed by atoms with E-state index in [4.69, 9.17) is 0 Å². The van der Waals surface area contributed by atoms with Gasteiger partial charge in [0.05, 0.1) is 17.0 Å². The third kappa shape index (κ3) is 3.66. The monoisotopic (exact) mass is 357 g/mol. The second kappa shape index (κ2) is 7.35. The molecule has 1 aromatic heterocycles. The Labute approximate surface area is 154 Å². The third-order valence-electron chi connectivity index (χ3n) is 5.08. The van der Waals surface area contributed by atoms with Crippen LogP contribution in [0.25, 0.3) is 11.0 Å². The van der Waals surface area contributed by atoms with E-state index in [0.717, 1.165) is 41.8 Å². The predicted octanol–water partition coefficient (Wildman–Crippen LogP) is 1.89. The van der Waals surface area contributed by atoms with Crippen LogP contribution >= 0.6 is 0 Å². The number of amides is 3. The SMILES string of the molecule is Cc1nc2cc(CNC(=O)C3CCCN(C(=O)N(C)C)C3)ccc2n1C. The summed E-state index contributed by atoms with van der Waals surface area (Å²) in [6.07, 6.45) is 1.68. The topological polar surface area (TPSA) is 70.5 Å². The molecule has 26 heavy (non-hydrogen) atoms. The number of hydrogen-bond acceptors (Lipinski definition) is 3. The molecule has 2 heterocycles. The van der Waals surface area contributed by atoms with Crippen molar-refractivity contribution in [3.63, 3.8) is 0 Å². The van der Waals surface area contributed by atoms with Crippen LogP contribution in [0.1, 0.15) is 24.2 Å². The summed E-state index contributed by atoms with van der Waals surface area (Å²) in [4.78, 5) is 32.5. The van der Waals surface area contributed by atoms with E-state index in [0.29, 0.717) is 13.1 Å². The molecule has 1 atom stereocenters. The van der Waals surface area contributed by atoms with Gasteiger partial charge in [-0.3, -0.25) is 4.79 Å². The first-order chi connectivity index (χ1) is 12.4. The highest BCUT2D eigenvalue weighted by atomic mass is 16.2. The van der Waals surface area contributed by atoms with Gasteiger partial charge in [-0.05, 0) is 37.5 Å². The number of hydrogen-bond donors (Lipinski definition) is 1. The quantitative estimate of drug-likeness (QED) is 0.912. The first kappa shape index (κ1) is 18.2. The average molecular weight is 357 g/mol. The van der Waals surface area contributed by atoms with Gasteiger partial charge in [0.2, 0.25) is 5.91 Å². The van der Waals surface area contributed by atoms with E-state index >= 15 is 0 Å². The fourth-order valence-electron chi connectivity index (χ4n) is 3.46. The minimum absolute atomic E-state index is 0.0126. The molecule has 140 valence electrons. The second-order valence-electron chi connectivity index (χ2n) is 7.22.